The molecule has 2 amide bonds. The van der Waals surface area contributed by atoms with Crippen molar-refractivity contribution in [1.29, 1.82) is 5.41 Å². The summed E-state index contributed by atoms with van der Waals surface area (Å²) in [6.45, 7) is 1.71. The van der Waals surface area contributed by atoms with Crippen molar-refractivity contribution in [2.45, 2.75) is 19.4 Å². The van der Waals surface area contributed by atoms with Crippen molar-refractivity contribution in [2.24, 2.45) is 0 Å². The highest BCUT2D eigenvalue weighted by atomic mass is 19.3. The molecule has 1 heterocycles. The molecular weight excluding hydrogens is 335 g/mol. The summed E-state index contributed by atoms with van der Waals surface area (Å²) in [7, 11) is 0. The predicted molar refractivity (Wildman–Crippen MR) is 88.5 cm³/mol. The first kappa shape index (κ1) is 18.2. The maximum atomic E-state index is 12.9. The molecule has 0 saturated heterocycles. The standard InChI is InChI=1S/C16H16F3N5O/c1-8(9-2-4-10(17)5-3-9)23-16(25)24-13-6-12(20)11(7-22-13)14(21)15(18)19/h2-8,15,21H,1H3,(H4,20,22,23,24,25)/t8-/m1/s1. The second-order valence-corrected chi connectivity index (χ2v) is 5.24. The zero-order chi connectivity index (χ0) is 18.6. The molecule has 0 fully saturated rings. The van der Waals surface area contributed by atoms with Crippen LogP contribution in [0, 0.1) is 11.2 Å². The third-order valence-electron chi connectivity index (χ3n) is 3.40. The van der Waals surface area contributed by atoms with E-state index in [4.69, 9.17) is 11.1 Å². The predicted octanol–water partition coefficient (Wildman–Crippen LogP) is 3.32. The van der Waals surface area contributed by atoms with Crippen LogP contribution in [0.3, 0.4) is 0 Å². The van der Waals surface area contributed by atoms with Gasteiger partial charge in [0.1, 0.15) is 17.3 Å². The summed E-state index contributed by atoms with van der Waals surface area (Å²) in [4.78, 5) is 15.8. The Morgan fingerprint density at radius 2 is 1.92 bits per heavy atom. The molecule has 2 aromatic rings. The number of pyridine rings is 1. The number of amides is 2. The van der Waals surface area contributed by atoms with Crippen LogP contribution < -0.4 is 16.4 Å². The number of carbonyl (C=O) groups excluding carboxylic acids is 1. The summed E-state index contributed by atoms with van der Waals surface area (Å²) in [5.74, 6) is -0.332. The third kappa shape index (κ3) is 4.69. The number of aromatic nitrogens is 1. The number of nitrogens with two attached hydrogens (primary N) is 1. The Labute approximate surface area is 141 Å². The molecular formula is C16H16F3N5O. The number of nitrogens with zero attached hydrogens (tertiary/aromatic N) is 1. The summed E-state index contributed by atoms with van der Waals surface area (Å²) in [5, 5.41) is 12.3. The van der Waals surface area contributed by atoms with E-state index in [0.717, 1.165) is 6.20 Å². The van der Waals surface area contributed by atoms with Crippen molar-refractivity contribution in [2.75, 3.05) is 11.1 Å². The maximum absolute atomic E-state index is 12.9. The highest BCUT2D eigenvalue weighted by Gasteiger charge is 2.17. The molecule has 0 radical (unpaired) electrons. The monoisotopic (exact) mass is 351 g/mol. The van der Waals surface area contributed by atoms with Gasteiger partial charge in [0.2, 0.25) is 0 Å². The van der Waals surface area contributed by atoms with Gasteiger partial charge in [-0.3, -0.25) is 10.7 Å². The molecule has 9 heteroatoms. The van der Waals surface area contributed by atoms with E-state index in [1.807, 2.05) is 0 Å². The number of hydrogen-bond donors (Lipinski definition) is 4. The number of hydrogen-bond acceptors (Lipinski definition) is 4. The molecule has 1 atom stereocenters. The van der Waals surface area contributed by atoms with E-state index < -0.39 is 24.2 Å². The van der Waals surface area contributed by atoms with E-state index in [1.165, 1.54) is 18.2 Å². The van der Waals surface area contributed by atoms with Gasteiger partial charge >= 0.3 is 6.03 Å². The second kappa shape index (κ2) is 7.65. The zero-order valence-corrected chi connectivity index (χ0v) is 13.2. The van der Waals surface area contributed by atoms with Gasteiger partial charge in [-0.2, -0.15) is 0 Å². The van der Waals surface area contributed by atoms with E-state index in [9.17, 15) is 18.0 Å². The summed E-state index contributed by atoms with van der Waals surface area (Å²) in [6.07, 6.45) is -1.97. The van der Waals surface area contributed by atoms with Gasteiger partial charge in [-0.1, -0.05) is 12.1 Å². The van der Waals surface area contributed by atoms with Crippen molar-refractivity contribution < 1.29 is 18.0 Å². The third-order valence-corrected chi connectivity index (χ3v) is 3.40. The van der Waals surface area contributed by atoms with Crippen molar-refractivity contribution >= 4 is 23.2 Å². The summed E-state index contributed by atoms with van der Waals surface area (Å²) in [6, 6.07) is 5.84. The van der Waals surface area contributed by atoms with E-state index >= 15 is 0 Å². The lowest BCUT2D eigenvalue weighted by Crippen LogP contribution is -2.31. The van der Waals surface area contributed by atoms with Crippen LogP contribution in [0.2, 0.25) is 0 Å². The van der Waals surface area contributed by atoms with Crippen LogP contribution in [-0.4, -0.2) is 23.2 Å². The zero-order valence-electron chi connectivity index (χ0n) is 13.2. The molecule has 5 N–H and O–H groups in total. The van der Waals surface area contributed by atoms with Crippen LogP contribution in [0.25, 0.3) is 0 Å². The number of carbonyl (C=O) groups is 1. The largest absolute Gasteiger partial charge is 0.398 e. The number of anilines is 2. The lowest BCUT2D eigenvalue weighted by molar-refractivity contribution is 0.225. The Bertz CT molecular complexity index is 780. The van der Waals surface area contributed by atoms with Crippen LogP contribution in [0.15, 0.2) is 36.5 Å². The fourth-order valence-corrected chi connectivity index (χ4v) is 2.07. The van der Waals surface area contributed by atoms with Gasteiger partial charge in [-0.05, 0) is 24.6 Å². The van der Waals surface area contributed by atoms with Crippen molar-refractivity contribution in [1.82, 2.24) is 10.3 Å². The molecule has 1 aromatic carbocycles. The molecule has 0 aliphatic rings. The first-order valence-corrected chi connectivity index (χ1v) is 7.23. The van der Waals surface area contributed by atoms with Crippen LogP contribution in [0.4, 0.5) is 29.5 Å². The second-order valence-electron chi connectivity index (χ2n) is 5.24. The summed E-state index contributed by atoms with van der Waals surface area (Å²) < 4.78 is 37.9. The number of nitrogens with one attached hydrogen (secondary N) is 3. The first-order chi connectivity index (χ1) is 11.8. The molecule has 25 heavy (non-hydrogen) atoms. The molecule has 2 rings (SSSR count). The number of halogens is 3. The van der Waals surface area contributed by atoms with Gasteiger partial charge in [0.05, 0.1) is 6.04 Å². The Balaban J connectivity index is 2.01. The molecule has 0 bridgehead atoms. The number of nitrogen functional groups attached to an aromatic ring is 1. The lowest BCUT2D eigenvalue weighted by Gasteiger charge is -2.15. The van der Waals surface area contributed by atoms with Crippen LogP contribution >= 0.6 is 0 Å². The van der Waals surface area contributed by atoms with E-state index in [1.54, 1.807) is 19.1 Å². The Morgan fingerprint density at radius 1 is 1.28 bits per heavy atom. The molecule has 6 nitrogen and oxygen atoms in total. The molecule has 0 spiro atoms. The number of benzene rings is 1. The lowest BCUT2D eigenvalue weighted by atomic mass is 10.1. The van der Waals surface area contributed by atoms with Crippen molar-refractivity contribution in [3.63, 3.8) is 0 Å². The van der Waals surface area contributed by atoms with Gasteiger partial charge in [-0.15, -0.1) is 0 Å². The van der Waals surface area contributed by atoms with Crippen molar-refractivity contribution in [3.05, 3.63) is 53.5 Å². The normalized spacial score (nSPS) is 11.9. The molecule has 0 unspecified atom stereocenters. The Hall–Kier alpha value is -3.10. The molecule has 132 valence electrons. The van der Waals surface area contributed by atoms with Crippen LogP contribution in [0.5, 0.6) is 0 Å². The average Bonchev–Trinajstić information content (AvgIpc) is 2.54. The molecule has 0 saturated carbocycles. The molecule has 1 aromatic heterocycles. The van der Waals surface area contributed by atoms with E-state index in [-0.39, 0.29) is 22.9 Å². The number of urea groups is 1. The van der Waals surface area contributed by atoms with Crippen LogP contribution in [0.1, 0.15) is 24.1 Å². The fraction of sp³-hybridized carbons (Fsp3) is 0.188. The minimum atomic E-state index is -2.97. The smallest absolute Gasteiger partial charge is 0.320 e. The summed E-state index contributed by atoms with van der Waals surface area (Å²) in [5.41, 5.74) is 5.09. The van der Waals surface area contributed by atoms with Crippen molar-refractivity contribution in [3.8, 4) is 0 Å². The fourth-order valence-electron chi connectivity index (χ4n) is 2.07. The first-order valence-electron chi connectivity index (χ1n) is 7.23. The minimum Gasteiger partial charge on any atom is -0.398 e. The average molecular weight is 351 g/mol. The van der Waals surface area contributed by atoms with Gasteiger partial charge < -0.3 is 11.1 Å². The molecule has 0 aliphatic carbocycles. The van der Waals surface area contributed by atoms with Gasteiger partial charge in [-0.25, -0.2) is 22.9 Å². The Kier molecular flexibility index (Phi) is 5.58. The number of alkyl halides is 2. The number of rotatable bonds is 5. The molecule has 0 aliphatic heterocycles. The highest BCUT2D eigenvalue weighted by molar-refractivity contribution is 6.04. The van der Waals surface area contributed by atoms with E-state index in [2.05, 4.69) is 15.6 Å². The van der Waals surface area contributed by atoms with E-state index in [0.29, 0.717) is 5.56 Å². The van der Waals surface area contributed by atoms with Gasteiger partial charge in [0, 0.05) is 23.5 Å². The van der Waals surface area contributed by atoms with Gasteiger partial charge in [0.25, 0.3) is 6.43 Å². The summed E-state index contributed by atoms with van der Waals surface area (Å²) >= 11 is 0. The Morgan fingerprint density at radius 3 is 2.48 bits per heavy atom. The topological polar surface area (TPSA) is 104 Å². The van der Waals surface area contributed by atoms with Gasteiger partial charge in [0.15, 0.2) is 0 Å². The minimum absolute atomic E-state index is 0.0483. The quantitative estimate of drug-likeness (QED) is 0.621. The highest BCUT2D eigenvalue weighted by Crippen LogP contribution is 2.18. The SMILES string of the molecule is C[C@@H](NC(=O)Nc1cc(N)c(C(=N)C(F)F)cn1)c1ccc(F)cc1. The maximum Gasteiger partial charge on any atom is 0.320 e. The van der Waals surface area contributed by atoms with Crippen LogP contribution in [-0.2, 0) is 0 Å².